The lowest BCUT2D eigenvalue weighted by Crippen LogP contribution is -2.47. The third kappa shape index (κ3) is 4.44. The second kappa shape index (κ2) is 8.32. The van der Waals surface area contributed by atoms with Crippen LogP contribution in [0.15, 0.2) is 12.2 Å². The van der Waals surface area contributed by atoms with Crippen LogP contribution in [-0.4, -0.2) is 62.5 Å². The third-order valence-corrected chi connectivity index (χ3v) is 7.25. The SMILES string of the molecule is C=C(COCCC(F)(F)C(F)(F)S(=O)(=O)O)C(=O)OCC1CC2CC1C1C(=O)OCC21. The van der Waals surface area contributed by atoms with E-state index < -0.39 is 46.9 Å². The van der Waals surface area contributed by atoms with E-state index in [-0.39, 0.29) is 41.8 Å². The predicted octanol–water partition coefficient (Wildman–Crippen LogP) is 2.05. The fourth-order valence-corrected chi connectivity index (χ4v) is 5.21. The molecule has 0 radical (unpaired) electrons. The van der Waals surface area contributed by atoms with Gasteiger partial charge >= 0.3 is 33.2 Å². The Bertz CT molecular complexity index is 859. The molecular formula is C18H22F4O8S. The molecule has 0 spiro atoms. The van der Waals surface area contributed by atoms with Gasteiger partial charge < -0.3 is 14.2 Å². The Morgan fingerprint density at radius 2 is 1.90 bits per heavy atom. The molecular weight excluding hydrogens is 452 g/mol. The Morgan fingerprint density at radius 1 is 1.23 bits per heavy atom. The lowest BCUT2D eigenvalue weighted by atomic mass is 9.76. The molecule has 0 aromatic heterocycles. The number of cyclic esters (lactones) is 1. The summed E-state index contributed by atoms with van der Waals surface area (Å²) in [6.45, 7) is 2.25. The van der Waals surface area contributed by atoms with Gasteiger partial charge in [-0.05, 0) is 30.6 Å². The van der Waals surface area contributed by atoms with E-state index >= 15 is 0 Å². The number of alkyl halides is 4. The maximum atomic E-state index is 13.4. The fraction of sp³-hybridized carbons (Fsp3) is 0.778. The van der Waals surface area contributed by atoms with Gasteiger partial charge in [0.05, 0.1) is 37.9 Å². The van der Waals surface area contributed by atoms with Crippen molar-refractivity contribution in [1.29, 1.82) is 0 Å². The van der Waals surface area contributed by atoms with E-state index in [1.54, 1.807) is 0 Å². The molecule has 3 fully saturated rings. The normalized spacial score (nSPS) is 30.2. The summed E-state index contributed by atoms with van der Waals surface area (Å²) in [7, 11) is -6.31. The van der Waals surface area contributed by atoms with Crippen LogP contribution in [0.2, 0.25) is 0 Å². The van der Waals surface area contributed by atoms with Crippen LogP contribution >= 0.6 is 0 Å². The summed E-state index contributed by atoms with van der Waals surface area (Å²) in [5.74, 6) is -5.69. The zero-order valence-electron chi connectivity index (χ0n) is 16.3. The minimum atomic E-state index is -6.31. The highest BCUT2D eigenvalue weighted by atomic mass is 32.2. The van der Waals surface area contributed by atoms with Crippen LogP contribution < -0.4 is 0 Å². The number of ether oxygens (including phenoxy) is 3. The maximum absolute atomic E-state index is 13.4. The maximum Gasteiger partial charge on any atom is 0.431 e. The van der Waals surface area contributed by atoms with Gasteiger partial charge in [-0.15, -0.1) is 0 Å². The first kappa shape index (κ1) is 23.9. The van der Waals surface area contributed by atoms with Crippen molar-refractivity contribution in [2.75, 3.05) is 26.4 Å². The van der Waals surface area contributed by atoms with Crippen molar-refractivity contribution in [3.05, 3.63) is 12.2 Å². The van der Waals surface area contributed by atoms with Gasteiger partial charge in [0.25, 0.3) is 0 Å². The van der Waals surface area contributed by atoms with Crippen molar-refractivity contribution in [1.82, 2.24) is 0 Å². The van der Waals surface area contributed by atoms with Gasteiger partial charge in [-0.2, -0.15) is 26.0 Å². The average Bonchev–Trinajstić information content (AvgIpc) is 3.35. The second-order valence-electron chi connectivity index (χ2n) is 8.18. The molecule has 13 heteroatoms. The summed E-state index contributed by atoms with van der Waals surface area (Å²) in [5, 5.41) is -5.68. The zero-order chi connectivity index (χ0) is 23.2. The van der Waals surface area contributed by atoms with Gasteiger partial charge in [0.2, 0.25) is 0 Å². The number of carbonyl (C=O) groups is 2. The van der Waals surface area contributed by atoms with Gasteiger partial charge in [-0.3, -0.25) is 9.35 Å². The number of rotatable bonds is 10. The first-order valence-electron chi connectivity index (χ1n) is 9.58. The molecule has 1 N–H and O–H groups in total. The van der Waals surface area contributed by atoms with Crippen LogP contribution in [0.25, 0.3) is 0 Å². The monoisotopic (exact) mass is 474 g/mol. The molecule has 1 heterocycles. The van der Waals surface area contributed by atoms with Crippen molar-refractivity contribution < 1.29 is 54.3 Å². The summed E-state index contributed by atoms with van der Waals surface area (Å²) in [6, 6.07) is 0. The quantitative estimate of drug-likeness (QED) is 0.168. The highest BCUT2D eigenvalue weighted by molar-refractivity contribution is 7.87. The number of hydrogen-bond acceptors (Lipinski definition) is 7. The number of fused-ring (bicyclic) bond motifs is 5. The number of halogens is 4. The van der Waals surface area contributed by atoms with E-state index in [2.05, 4.69) is 6.58 Å². The Balaban J connectivity index is 1.39. The molecule has 1 saturated heterocycles. The summed E-state index contributed by atoms with van der Waals surface area (Å²) < 4.78 is 96.9. The molecule has 2 aliphatic carbocycles. The van der Waals surface area contributed by atoms with Gasteiger partial charge in [0.1, 0.15) is 0 Å². The number of hydrogen-bond donors (Lipinski definition) is 1. The zero-order valence-corrected chi connectivity index (χ0v) is 17.1. The fourth-order valence-electron chi connectivity index (χ4n) is 4.73. The van der Waals surface area contributed by atoms with Crippen LogP contribution in [0.3, 0.4) is 0 Å². The summed E-state index contributed by atoms with van der Waals surface area (Å²) in [5.41, 5.74) is -0.244. The molecule has 0 amide bonds. The van der Waals surface area contributed by atoms with Gasteiger partial charge in [-0.1, -0.05) is 6.58 Å². The first-order valence-corrected chi connectivity index (χ1v) is 11.0. The van der Waals surface area contributed by atoms with E-state index in [4.69, 9.17) is 18.8 Å². The molecule has 3 aliphatic rings. The molecule has 5 unspecified atom stereocenters. The largest absolute Gasteiger partial charge is 0.465 e. The molecule has 2 saturated carbocycles. The van der Waals surface area contributed by atoms with Crippen LogP contribution in [0.5, 0.6) is 0 Å². The van der Waals surface area contributed by atoms with E-state index in [0.717, 1.165) is 12.8 Å². The Labute approximate surface area is 175 Å². The number of esters is 2. The minimum absolute atomic E-state index is 0.00378. The lowest BCUT2D eigenvalue weighted by molar-refractivity contribution is -0.170. The standard InChI is InChI=1S/C18H22F4O8S/c1-9(6-28-3-2-17(19,20)18(21,22)31(25,26)27)15(23)29-7-11-4-10-5-12(11)14-13(10)8-30-16(14)24/h10-14H,1-8H2,(H,25,26,27). The Morgan fingerprint density at radius 3 is 2.55 bits per heavy atom. The minimum Gasteiger partial charge on any atom is -0.465 e. The smallest absolute Gasteiger partial charge is 0.431 e. The van der Waals surface area contributed by atoms with E-state index in [0.29, 0.717) is 12.5 Å². The second-order valence-corrected chi connectivity index (χ2v) is 9.64. The molecule has 1 aliphatic heterocycles. The summed E-state index contributed by atoms with van der Waals surface area (Å²) in [4.78, 5) is 23.9. The van der Waals surface area contributed by atoms with Crippen molar-refractivity contribution in [3.63, 3.8) is 0 Å². The molecule has 5 atom stereocenters. The Hall–Kier alpha value is -1.73. The number of carbonyl (C=O) groups excluding carboxylic acids is 2. The van der Waals surface area contributed by atoms with Crippen molar-refractivity contribution >= 4 is 22.1 Å². The van der Waals surface area contributed by atoms with Gasteiger partial charge in [0.15, 0.2) is 0 Å². The third-order valence-electron chi connectivity index (χ3n) is 6.31. The van der Waals surface area contributed by atoms with Gasteiger partial charge in [0, 0.05) is 12.3 Å². The predicted molar refractivity (Wildman–Crippen MR) is 94.6 cm³/mol. The van der Waals surface area contributed by atoms with Crippen LogP contribution in [0.4, 0.5) is 17.6 Å². The molecule has 176 valence electrons. The molecule has 0 aromatic carbocycles. The van der Waals surface area contributed by atoms with E-state index in [1.165, 1.54) is 0 Å². The van der Waals surface area contributed by atoms with Gasteiger partial charge in [-0.25, -0.2) is 4.79 Å². The molecule has 31 heavy (non-hydrogen) atoms. The highest BCUT2D eigenvalue weighted by Crippen LogP contribution is 2.57. The van der Waals surface area contributed by atoms with Crippen LogP contribution in [0.1, 0.15) is 19.3 Å². The lowest BCUT2D eigenvalue weighted by Gasteiger charge is -2.28. The average molecular weight is 474 g/mol. The summed E-state index contributed by atoms with van der Waals surface area (Å²) >= 11 is 0. The topological polar surface area (TPSA) is 116 Å². The van der Waals surface area contributed by atoms with Crippen molar-refractivity contribution in [2.24, 2.45) is 29.6 Å². The summed E-state index contributed by atoms with van der Waals surface area (Å²) in [6.07, 6.45) is -0.0409. The van der Waals surface area contributed by atoms with Crippen molar-refractivity contribution in [2.45, 2.75) is 30.4 Å². The molecule has 3 rings (SSSR count). The van der Waals surface area contributed by atoms with E-state index in [9.17, 15) is 35.6 Å². The highest BCUT2D eigenvalue weighted by Gasteiger charge is 2.65. The molecule has 8 nitrogen and oxygen atoms in total. The van der Waals surface area contributed by atoms with Crippen LogP contribution in [-0.2, 0) is 33.9 Å². The first-order chi connectivity index (χ1) is 14.3. The van der Waals surface area contributed by atoms with Crippen LogP contribution in [0, 0.1) is 29.6 Å². The molecule has 0 aromatic rings. The molecule has 2 bridgehead atoms. The van der Waals surface area contributed by atoms with Crippen molar-refractivity contribution in [3.8, 4) is 0 Å². The van der Waals surface area contributed by atoms with E-state index in [1.807, 2.05) is 0 Å². The Kier molecular flexibility index (Phi) is 6.42.